The molecule has 1 aliphatic rings. The van der Waals surface area contributed by atoms with E-state index in [9.17, 15) is 36.6 Å². The molecule has 0 radical (unpaired) electrons. The van der Waals surface area contributed by atoms with Crippen LogP contribution in [0.4, 0.5) is 22.0 Å². The second kappa shape index (κ2) is 9.46. The minimum Gasteiger partial charge on any atom is -0.481 e. The van der Waals surface area contributed by atoms with Crippen LogP contribution in [0.3, 0.4) is 0 Å². The van der Waals surface area contributed by atoms with E-state index in [-0.39, 0.29) is 6.61 Å². The second-order valence-electron chi connectivity index (χ2n) is 8.09. The fourth-order valence-electron chi connectivity index (χ4n) is 4.34. The number of carboxylic acid groups (broad SMARTS) is 1. The fraction of sp³-hybridized carbons (Fsp3) is 0.200. The summed E-state index contributed by atoms with van der Waals surface area (Å²) >= 11 is 0. The number of ether oxygens (including phenoxy) is 1. The van der Waals surface area contributed by atoms with Crippen molar-refractivity contribution in [3.63, 3.8) is 0 Å². The van der Waals surface area contributed by atoms with Gasteiger partial charge in [0.05, 0.1) is 0 Å². The maximum absolute atomic E-state index is 14.0. The lowest BCUT2D eigenvalue weighted by atomic mass is 9.93. The Morgan fingerprint density at radius 3 is 1.77 bits per heavy atom. The molecule has 5 nitrogen and oxygen atoms in total. The molecule has 10 heteroatoms. The Morgan fingerprint density at radius 2 is 1.29 bits per heavy atom. The standard InChI is InChI=1S/C25H18F5NO4/c26-19-15(20(27)22(29)23(30)21(19)28)9-17(31)18(24(32)33)25(34)35-10-16-13-7-3-1-5-11(13)12-6-2-4-8-14(12)16/h1-8,16-18H,9-10,31H2,(H,32,33). The lowest BCUT2D eigenvalue weighted by molar-refractivity contribution is -0.159. The van der Waals surface area contributed by atoms with Crippen molar-refractivity contribution in [1.82, 2.24) is 0 Å². The summed E-state index contributed by atoms with van der Waals surface area (Å²) in [6, 6.07) is 13.0. The number of carboxylic acids is 1. The van der Waals surface area contributed by atoms with E-state index in [1.807, 2.05) is 36.4 Å². The van der Waals surface area contributed by atoms with Gasteiger partial charge in [-0.3, -0.25) is 9.59 Å². The smallest absolute Gasteiger partial charge is 0.321 e. The van der Waals surface area contributed by atoms with E-state index in [0.29, 0.717) is 0 Å². The third-order valence-electron chi connectivity index (χ3n) is 6.04. The first-order valence-electron chi connectivity index (χ1n) is 10.5. The van der Waals surface area contributed by atoms with Crippen LogP contribution in [0.25, 0.3) is 11.1 Å². The summed E-state index contributed by atoms with van der Waals surface area (Å²) in [6.07, 6.45) is -1.10. The summed E-state index contributed by atoms with van der Waals surface area (Å²) in [4.78, 5) is 24.4. The van der Waals surface area contributed by atoms with Gasteiger partial charge >= 0.3 is 11.9 Å². The molecule has 0 saturated heterocycles. The minimum atomic E-state index is -2.36. The Balaban J connectivity index is 1.54. The number of rotatable bonds is 7. The Bertz CT molecular complexity index is 1250. The highest BCUT2D eigenvalue weighted by atomic mass is 19.2. The van der Waals surface area contributed by atoms with Crippen molar-refractivity contribution in [2.45, 2.75) is 18.4 Å². The monoisotopic (exact) mass is 491 g/mol. The van der Waals surface area contributed by atoms with Crippen molar-refractivity contribution in [3.05, 3.63) is 94.3 Å². The van der Waals surface area contributed by atoms with Crippen LogP contribution in [0.2, 0.25) is 0 Å². The van der Waals surface area contributed by atoms with Crippen LogP contribution in [0, 0.1) is 35.0 Å². The zero-order valence-corrected chi connectivity index (χ0v) is 17.9. The first-order valence-corrected chi connectivity index (χ1v) is 10.5. The fourth-order valence-corrected chi connectivity index (χ4v) is 4.34. The molecule has 0 fully saturated rings. The number of carbonyl (C=O) groups is 2. The van der Waals surface area contributed by atoms with E-state index in [1.165, 1.54) is 0 Å². The topological polar surface area (TPSA) is 89.6 Å². The van der Waals surface area contributed by atoms with Gasteiger partial charge in [-0.1, -0.05) is 48.5 Å². The molecule has 3 aromatic carbocycles. The summed E-state index contributed by atoms with van der Waals surface area (Å²) in [5, 5.41) is 9.52. The van der Waals surface area contributed by atoms with Gasteiger partial charge < -0.3 is 15.6 Å². The lowest BCUT2D eigenvalue weighted by Gasteiger charge is -2.21. The van der Waals surface area contributed by atoms with Crippen LogP contribution in [0.1, 0.15) is 22.6 Å². The molecule has 35 heavy (non-hydrogen) atoms. The van der Waals surface area contributed by atoms with Crippen LogP contribution < -0.4 is 5.73 Å². The summed E-state index contributed by atoms with van der Waals surface area (Å²) in [5.74, 6) is -16.6. The molecule has 0 aliphatic heterocycles. The third-order valence-corrected chi connectivity index (χ3v) is 6.04. The van der Waals surface area contributed by atoms with Crippen molar-refractivity contribution < 1.29 is 41.4 Å². The molecule has 4 rings (SSSR count). The predicted octanol–water partition coefficient (Wildman–Crippen LogP) is 4.31. The summed E-state index contributed by atoms with van der Waals surface area (Å²) in [7, 11) is 0. The molecule has 0 aromatic heterocycles. The number of fused-ring (bicyclic) bond motifs is 3. The predicted molar refractivity (Wildman–Crippen MR) is 114 cm³/mol. The van der Waals surface area contributed by atoms with Crippen molar-refractivity contribution in [2.75, 3.05) is 6.61 Å². The third kappa shape index (κ3) is 4.25. The number of nitrogens with two attached hydrogens (primary N) is 1. The average molecular weight is 491 g/mol. The highest BCUT2D eigenvalue weighted by molar-refractivity contribution is 5.95. The summed E-state index contributed by atoms with van der Waals surface area (Å²) in [6.45, 7) is -0.244. The van der Waals surface area contributed by atoms with Gasteiger partial charge in [0.1, 0.15) is 6.61 Å². The van der Waals surface area contributed by atoms with Crippen molar-refractivity contribution in [3.8, 4) is 11.1 Å². The highest BCUT2D eigenvalue weighted by Gasteiger charge is 2.38. The number of halogens is 5. The van der Waals surface area contributed by atoms with Crippen molar-refractivity contribution >= 4 is 11.9 Å². The SMILES string of the molecule is NC(Cc1c(F)c(F)c(F)c(F)c1F)C(C(=O)O)C(=O)OCC1c2ccccc2-c2ccccc21. The molecule has 182 valence electrons. The van der Waals surface area contributed by atoms with Crippen LogP contribution >= 0.6 is 0 Å². The zero-order chi connectivity index (χ0) is 25.4. The summed E-state index contributed by atoms with van der Waals surface area (Å²) < 4.78 is 73.6. The molecule has 0 heterocycles. The van der Waals surface area contributed by atoms with E-state index >= 15 is 0 Å². The minimum absolute atomic E-state index is 0.244. The van der Waals surface area contributed by atoms with E-state index in [1.54, 1.807) is 12.1 Å². The second-order valence-corrected chi connectivity index (χ2v) is 8.09. The van der Waals surface area contributed by atoms with E-state index in [4.69, 9.17) is 10.5 Å². The Morgan fingerprint density at radius 1 is 0.829 bits per heavy atom. The summed E-state index contributed by atoms with van der Waals surface area (Å²) in [5.41, 5.74) is 7.98. The Hall–Kier alpha value is -3.79. The Kier molecular flexibility index (Phi) is 6.58. The van der Waals surface area contributed by atoms with Gasteiger partial charge in [0.15, 0.2) is 29.2 Å². The van der Waals surface area contributed by atoms with Gasteiger partial charge in [-0.15, -0.1) is 0 Å². The quantitative estimate of drug-likeness (QED) is 0.169. The maximum atomic E-state index is 14.0. The van der Waals surface area contributed by atoms with Gasteiger partial charge in [-0.25, -0.2) is 22.0 Å². The van der Waals surface area contributed by atoms with Gasteiger partial charge in [0.2, 0.25) is 5.82 Å². The number of carbonyl (C=O) groups excluding carboxylic acids is 1. The van der Waals surface area contributed by atoms with Gasteiger partial charge in [0, 0.05) is 17.5 Å². The van der Waals surface area contributed by atoms with Gasteiger partial charge in [-0.05, 0) is 28.7 Å². The van der Waals surface area contributed by atoms with Crippen LogP contribution in [0.5, 0.6) is 0 Å². The zero-order valence-electron chi connectivity index (χ0n) is 17.9. The molecular formula is C25H18F5NO4. The maximum Gasteiger partial charge on any atom is 0.321 e. The largest absolute Gasteiger partial charge is 0.481 e. The molecule has 2 unspecified atom stereocenters. The van der Waals surface area contributed by atoms with Crippen LogP contribution in [-0.2, 0) is 20.7 Å². The van der Waals surface area contributed by atoms with Gasteiger partial charge in [-0.2, -0.15) is 0 Å². The van der Waals surface area contributed by atoms with Crippen molar-refractivity contribution in [1.29, 1.82) is 0 Å². The van der Waals surface area contributed by atoms with Crippen LogP contribution in [0.15, 0.2) is 48.5 Å². The normalized spacial score (nSPS) is 14.2. The molecule has 2 atom stereocenters. The molecule has 0 saturated carbocycles. The number of esters is 1. The Labute approximate surface area is 195 Å². The molecule has 1 aliphatic carbocycles. The van der Waals surface area contributed by atoms with Crippen molar-refractivity contribution in [2.24, 2.45) is 11.7 Å². The van der Waals surface area contributed by atoms with E-state index in [2.05, 4.69) is 0 Å². The van der Waals surface area contributed by atoms with E-state index < -0.39 is 70.9 Å². The molecular weight excluding hydrogens is 473 g/mol. The molecule has 0 spiro atoms. The number of hydrogen-bond acceptors (Lipinski definition) is 4. The molecule has 0 amide bonds. The lowest BCUT2D eigenvalue weighted by Crippen LogP contribution is -2.44. The first-order chi connectivity index (χ1) is 16.6. The van der Waals surface area contributed by atoms with E-state index in [0.717, 1.165) is 22.3 Å². The van der Waals surface area contributed by atoms with Gasteiger partial charge in [0.25, 0.3) is 0 Å². The van der Waals surface area contributed by atoms with Crippen LogP contribution in [-0.4, -0.2) is 29.7 Å². The number of hydrogen-bond donors (Lipinski definition) is 2. The molecule has 3 N–H and O–H groups in total. The molecule has 0 bridgehead atoms. The molecule has 3 aromatic rings. The number of aliphatic carboxylic acids is 1. The average Bonchev–Trinajstić information content (AvgIpc) is 3.16. The number of benzene rings is 3. The highest BCUT2D eigenvalue weighted by Crippen LogP contribution is 2.44. The first kappa shape index (κ1) is 24.3.